The van der Waals surface area contributed by atoms with Crippen LogP contribution >= 0.6 is 0 Å². The second-order valence-electron chi connectivity index (χ2n) is 5.05. The summed E-state index contributed by atoms with van der Waals surface area (Å²) in [6.45, 7) is 1.80. The van der Waals surface area contributed by atoms with Crippen molar-refractivity contribution in [3.63, 3.8) is 0 Å². The van der Waals surface area contributed by atoms with E-state index in [0.29, 0.717) is 19.2 Å². The highest BCUT2D eigenvalue weighted by atomic mass is 16.7. The third-order valence-corrected chi connectivity index (χ3v) is 3.76. The number of amidine groups is 1. The van der Waals surface area contributed by atoms with Crippen molar-refractivity contribution in [2.45, 2.75) is 13.1 Å². The Hall–Kier alpha value is -2.49. The van der Waals surface area contributed by atoms with Crippen molar-refractivity contribution < 1.29 is 9.47 Å². The van der Waals surface area contributed by atoms with Crippen molar-refractivity contribution in [3.8, 4) is 11.5 Å². The Labute approximate surface area is 117 Å². The molecular weight excluding hydrogens is 252 g/mol. The highest BCUT2D eigenvalue weighted by Crippen LogP contribution is 2.33. The molecule has 2 aromatic carbocycles. The van der Waals surface area contributed by atoms with E-state index in [0.717, 1.165) is 29.2 Å². The Morgan fingerprint density at radius 1 is 1.05 bits per heavy atom. The Morgan fingerprint density at radius 3 is 2.80 bits per heavy atom. The molecule has 0 aliphatic carbocycles. The maximum absolute atomic E-state index is 8.26. The molecule has 2 aliphatic heterocycles. The van der Waals surface area contributed by atoms with Crippen molar-refractivity contribution >= 4 is 5.84 Å². The molecule has 0 unspecified atom stereocenters. The Bertz CT molecular complexity index is 697. The molecule has 0 spiro atoms. The summed E-state index contributed by atoms with van der Waals surface area (Å²) in [4.78, 5) is 2.07. The van der Waals surface area contributed by atoms with E-state index in [4.69, 9.17) is 14.9 Å². The number of ether oxygens (including phenoxy) is 2. The van der Waals surface area contributed by atoms with Crippen LogP contribution in [0.25, 0.3) is 0 Å². The summed E-state index contributed by atoms with van der Waals surface area (Å²) in [5, 5.41) is 8.26. The minimum atomic E-state index is 0.295. The molecule has 2 aliphatic rings. The summed E-state index contributed by atoms with van der Waals surface area (Å²) in [7, 11) is 0. The first-order chi connectivity index (χ1) is 9.81. The van der Waals surface area contributed by atoms with Gasteiger partial charge < -0.3 is 14.4 Å². The van der Waals surface area contributed by atoms with Crippen LogP contribution in [0.5, 0.6) is 11.5 Å². The number of hydrogen-bond donors (Lipinski definition) is 1. The van der Waals surface area contributed by atoms with E-state index in [1.807, 2.05) is 36.4 Å². The monoisotopic (exact) mass is 266 g/mol. The Balaban J connectivity index is 1.58. The van der Waals surface area contributed by atoms with Gasteiger partial charge in [0.25, 0.3) is 0 Å². The SMILES string of the molecule is N=C1c2ccccc2CN1Cc1ccc2c(c1)OCO2. The first kappa shape index (κ1) is 11.3. The van der Waals surface area contributed by atoms with Crippen molar-refractivity contribution in [1.29, 1.82) is 5.41 Å². The summed E-state index contributed by atoms with van der Waals surface area (Å²) in [5.41, 5.74) is 3.39. The van der Waals surface area contributed by atoms with Crippen LogP contribution in [0.4, 0.5) is 0 Å². The van der Waals surface area contributed by atoms with Gasteiger partial charge >= 0.3 is 0 Å². The van der Waals surface area contributed by atoms with Gasteiger partial charge in [-0.2, -0.15) is 0 Å². The maximum atomic E-state index is 8.26. The number of benzene rings is 2. The fraction of sp³-hybridized carbons (Fsp3) is 0.188. The highest BCUT2D eigenvalue weighted by molar-refractivity contribution is 6.00. The number of rotatable bonds is 2. The summed E-state index contributed by atoms with van der Waals surface area (Å²) in [6.07, 6.45) is 0. The smallest absolute Gasteiger partial charge is 0.231 e. The largest absolute Gasteiger partial charge is 0.454 e. The third-order valence-electron chi connectivity index (χ3n) is 3.76. The van der Waals surface area contributed by atoms with Crippen LogP contribution in [0.15, 0.2) is 42.5 Å². The summed E-state index contributed by atoms with van der Waals surface area (Å²) < 4.78 is 10.7. The minimum absolute atomic E-state index is 0.295. The van der Waals surface area contributed by atoms with Gasteiger partial charge in [-0.05, 0) is 23.3 Å². The molecule has 1 N–H and O–H groups in total. The minimum Gasteiger partial charge on any atom is -0.454 e. The quantitative estimate of drug-likeness (QED) is 0.909. The molecule has 0 radical (unpaired) electrons. The number of nitrogens with zero attached hydrogens (tertiary/aromatic N) is 1. The molecule has 0 saturated heterocycles. The van der Waals surface area contributed by atoms with Gasteiger partial charge in [0.05, 0.1) is 0 Å². The lowest BCUT2D eigenvalue weighted by atomic mass is 10.1. The van der Waals surface area contributed by atoms with E-state index in [1.54, 1.807) is 0 Å². The molecule has 0 aromatic heterocycles. The van der Waals surface area contributed by atoms with Crippen LogP contribution < -0.4 is 9.47 Å². The van der Waals surface area contributed by atoms with E-state index in [2.05, 4.69) is 11.0 Å². The maximum Gasteiger partial charge on any atom is 0.231 e. The molecule has 4 heteroatoms. The fourth-order valence-electron chi connectivity index (χ4n) is 2.74. The molecule has 4 rings (SSSR count). The molecule has 0 amide bonds. The van der Waals surface area contributed by atoms with Gasteiger partial charge in [0.15, 0.2) is 11.5 Å². The Kier molecular flexibility index (Phi) is 2.42. The lowest BCUT2D eigenvalue weighted by molar-refractivity contribution is 0.174. The number of fused-ring (bicyclic) bond motifs is 2. The molecule has 4 nitrogen and oxygen atoms in total. The third kappa shape index (κ3) is 1.72. The average Bonchev–Trinajstić information content (AvgIpc) is 3.05. The average molecular weight is 266 g/mol. The highest BCUT2D eigenvalue weighted by Gasteiger charge is 2.24. The lowest BCUT2D eigenvalue weighted by Crippen LogP contribution is -2.23. The van der Waals surface area contributed by atoms with Gasteiger partial charge in [0.1, 0.15) is 5.84 Å². The summed E-state index contributed by atoms with van der Waals surface area (Å²) in [5.74, 6) is 2.19. The molecule has 0 fully saturated rings. The van der Waals surface area contributed by atoms with Gasteiger partial charge in [0.2, 0.25) is 6.79 Å². The summed E-state index contributed by atoms with van der Waals surface area (Å²) >= 11 is 0. The van der Waals surface area contributed by atoms with Crippen molar-refractivity contribution in [1.82, 2.24) is 4.90 Å². The van der Waals surface area contributed by atoms with Gasteiger partial charge in [0, 0.05) is 18.7 Å². The van der Waals surface area contributed by atoms with Crippen molar-refractivity contribution in [3.05, 3.63) is 59.2 Å². The molecule has 0 atom stereocenters. The zero-order chi connectivity index (χ0) is 13.5. The zero-order valence-corrected chi connectivity index (χ0v) is 10.9. The van der Waals surface area contributed by atoms with Crippen LogP contribution in [0.1, 0.15) is 16.7 Å². The van der Waals surface area contributed by atoms with Gasteiger partial charge in [-0.3, -0.25) is 5.41 Å². The molecule has 0 bridgehead atoms. The van der Waals surface area contributed by atoms with Crippen LogP contribution in [0.3, 0.4) is 0 Å². The molecule has 20 heavy (non-hydrogen) atoms. The van der Waals surface area contributed by atoms with Crippen molar-refractivity contribution in [2.24, 2.45) is 0 Å². The van der Waals surface area contributed by atoms with Crippen LogP contribution in [-0.2, 0) is 13.1 Å². The predicted molar refractivity (Wildman–Crippen MR) is 75.1 cm³/mol. The number of nitrogens with one attached hydrogen (secondary N) is 1. The lowest BCUT2D eigenvalue weighted by Gasteiger charge is -2.18. The van der Waals surface area contributed by atoms with E-state index >= 15 is 0 Å². The fourth-order valence-corrected chi connectivity index (χ4v) is 2.74. The van der Waals surface area contributed by atoms with Gasteiger partial charge in [-0.25, -0.2) is 0 Å². The van der Waals surface area contributed by atoms with Crippen LogP contribution in [0.2, 0.25) is 0 Å². The van der Waals surface area contributed by atoms with E-state index in [-0.39, 0.29) is 0 Å². The summed E-state index contributed by atoms with van der Waals surface area (Å²) in [6, 6.07) is 14.1. The van der Waals surface area contributed by atoms with Gasteiger partial charge in [-0.15, -0.1) is 0 Å². The molecule has 100 valence electrons. The second kappa shape index (κ2) is 4.27. The number of hydrogen-bond acceptors (Lipinski definition) is 3. The van der Waals surface area contributed by atoms with Crippen LogP contribution in [0, 0.1) is 5.41 Å². The molecular formula is C16H14N2O2. The molecule has 2 heterocycles. The van der Waals surface area contributed by atoms with Gasteiger partial charge in [-0.1, -0.05) is 30.3 Å². The first-order valence-corrected chi connectivity index (χ1v) is 6.61. The van der Waals surface area contributed by atoms with Crippen LogP contribution in [-0.4, -0.2) is 17.5 Å². The standard InChI is InChI=1S/C16H14N2O2/c17-16-13-4-2-1-3-12(13)9-18(16)8-11-5-6-14-15(7-11)20-10-19-14/h1-7,17H,8-10H2. The first-order valence-electron chi connectivity index (χ1n) is 6.61. The second-order valence-corrected chi connectivity index (χ2v) is 5.05. The van der Waals surface area contributed by atoms with E-state index < -0.39 is 0 Å². The predicted octanol–water partition coefficient (Wildman–Crippen LogP) is 2.76. The molecule has 2 aromatic rings. The normalized spacial score (nSPS) is 15.6. The molecule has 0 saturated carbocycles. The van der Waals surface area contributed by atoms with E-state index in [1.165, 1.54) is 5.56 Å². The van der Waals surface area contributed by atoms with E-state index in [9.17, 15) is 0 Å². The topological polar surface area (TPSA) is 45.6 Å². The van der Waals surface area contributed by atoms with Crippen molar-refractivity contribution in [2.75, 3.05) is 6.79 Å². The Morgan fingerprint density at radius 2 is 1.90 bits per heavy atom. The zero-order valence-electron chi connectivity index (χ0n) is 10.9.